The van der Waals surface area contributed by atoms with Gasteiger partial charge in [0.15, 0.2) is 0 Å². The van der Waals surface area contributed by atoms with Gasteiger partial charge in [0, 0.05) is 57.6 Å². The van der Waals surface area contributed by atoms with E-state index in [-0.39, 0.29) is 18.1 Å². The van der Waals surface area contributed by atoms with E-state index in [9.17, 15) is 4.79 Å². The first-order valence-corrected chi connectivity index (χ1v) is 11.8. The molecule has 2 N–H and O–H groups in total. The van der Waals surface area contributed by atoms with Crippen molar-refractivity contribution in [1.82, 2.24) is 25.6 Å². The highest BCUT2D eigenvalue weighted by atomic mass is 16.5. The Balaban J connectivity index is 1.28. The summed E-state index contributed by atoms with van der Waals surface area (Å²) >= 11 is 0. The summed E-state index contributed by atoms with van der Waals surface area (Å²) in [6.45, 7) is 5.00. The second-order valence-electron chi connectivity index (χ2n) is 9.40. The molecule has 3 atom stereocenters. The normalized spacial score (nSPS) is 26.9. The molecule has 32 heavy (non-hydrogen) atoms. The maximum absolute atomic E-state index is 13.2. The lowest BCUT2D eigenvalue weighted by atomic mass is 9.94. The number of nitrogens with one attached hydrogen (secondary N) is 2. The molecule has 3 heterocycles. The number of hydrogen-bond donors (Lipinski definition) is 2. The fourth-order valence-electron chi connectivity index (χ4n) is 4.77. The van der Waals surface area contributed by atoms with Gasteiger partial charge >= 0.3 is 0 Å². The van der Waals surface area contributed by atoms with Crippen molar-refractivity contribution < 1.29 is 9.53 Å². The van der Waals surface area contributed by atoms with Crippen LogP contribution in [-0.4, -0.2) is 66.1 Å². The predicted octanol–water partition coefficient (Wildman–Crippen LogP) is 1.99. The Bertz CT molecular complexity index is 876. The SMILES string of the molecule is O=C1CN(CC2CNNC2c2ccccc2)CC(OCC2CC2)CN1Cc1cccnc1. The Morgan fingerprint density at radius 3 is 2.75 bits per heavy atom. The van der Waals surface area contributed by atoms with Crippen LogP contribution in [0, 0.1) is 11.8 Å². The Morgan fingerprint density at radius 2 is 1.97 bits per heavy atom. The smallest absolute Gasteiger partial charge is 0.237 e. The zero-order chi connectivity index (χ0) is 21.8. The zero-order valence-corrected chi connectivity index (χ0v) is 18.5. The molecular weight excluding hydrogens is 402 g/mol. The first-order chi connectivity index (χ1) is 15.7. The number of hydrazine groups is 1. The minimum atomic E-state index is 0.0382. The summed E-state index contributed by atoms with van der Waals surface area (Å²) in [5, 5.41) is 0. The molecule has 7 nitrogen and oxygen atoms in total. The third-order valence-corrected chi connectivity index (χ3v) is 6.70. The molecule has 3 aliphatic rings. The molecule has 2 saturated heterocycles. The number of carbonyl (C=O) groups is 1. The van der Waals surface area contributed by atoms with Crippen molar-refractivity contribution in [2.45, 2.75) is 31.5 Å². The van der Waals surface area contributed by atoms with E-state index < -0.39 is 0 Å². The molecule has 1 amide bonds. The van der Waals surface area contributed by atoms with Gasteiger partial charge in [0.25, 0.3) is 0 Å². The first kappa shape index (κ1) is 21.5. The molecule has 1 aromatic carbocycles. The summed E-state index contributed by atoms with van der Waals surface area (Å²) in [7, 11) is 0. The monoisotopic (exact) mass is 435 g/mol. The summed E-state index contributed by atoms with van der Waals surface area (Å²) in [5.41, 5.74) is 9.10. The highest BCUT2D eigenvalue weighted by molar-refractivity contribution is 5.78. The molecule has 3 unspecified atom stereocenters. The molecule has 3 fully saturated rings. The Kier molecular flexibility index (Phi) is 6.78. The van der Waals surface area contributed by atoms with Crippen LogP contribution >= 0.6 is 0 Å². The van der Waals surface area contributed by atoms with Crippen LogP contribution in [0.4, 0.5) is 0 Å². The highest BCUT2D eigenvalue weighted by Crippen LogP contribution is 2.30. The van der Waals surface area contributed by atoms with Crippen LogP contribution in [0.2, 0.25) is 0 Å². The van der Waals surface area contributed by atoms with Gasteiger partial charge in [-0.05, 0) is 36.0 Å². The molecule has 0 spiro atoms. The molecule has 0 radical (unpaired) electrons. The standard InChI is InChI=1S/C25H33N5O2/c31-24-17-29(14-22-12-27-28-25(22)21-6-2-1-3-7-21)15-23(32-18-19-8-9-19)16-30(24)13-20-5-4-10-26-11-20/h1-7,10-11,19,22-23,25,27-28H,8-9,12-18H2. The van der Waals surface area contributed by atoms with E-state index in [2.05, 4.69) is 45.0 Å². The fraction of sp³-hybridized carbons (Fsp3) is 0.520. The average Bonchev–Trinajstić information content (AvgIpc) is 3.56. The second kappa shape index (κ2) is 10.1. The van der Waals surface area contributed by atoms with Crippen LogP contribution in [0.1, 0.15) is 30.0 Å². The summed E-state index contributed by atoms with van der Waals surface area (Å²) in [5.74, 6) is 1.26. The van der Waals surface area contributed by atoms with E-state index in [4.69, 9.17) is 4.74 Å². The van der Waals surface area contributed by atoms with Crippen LogP contribution < -0.4 is 10.9 Å². The number of aromatic nitrogens is 1. The third-order valence-electron chi connectivity index (χ3n) is 6.70. The van der Waals surface area contributed by atoms with Crippen LogP contribution in [0.25, 0.3) is 0 Å². The summed E-state index contributed by atoms with van der Waals surface area (Å²) in [6.07, 6.45) is 6.19. The number of pyridine rings is 1. The van der Waals surface area contributed by atoms with Crippen molar-refractivity contribution in [3.8, 4) is 0 Å². The Hall–Kier alpha value is -2.32. The van der Waals surface area contributed by atoms with Gasteiger partial charge in [-0.15, -0.1) is 0 Å². The van der Waals surface area contributed by atoms with E-state index in [1.165, 1.54) is 18.4 Å². The number of amides is 1. The van der Waals surface area contributed by atoms with Crippen LogP contribution in [-0.2, 0) is 16.1 Å². The number of ether oxygens (including phenoxy) is 1. The molecule has 7 heteroatoms. The van der Waals surface area contributed by atoms with E-state index in [0.717, 1.165) is 31.8 Å². The van der Waals surface area contributed by atoms with Crippen molar-refractivity contribution in [2.75, 3.05) is 39.3 Å². The molecule has 2 aliphatic heterocycles. The van der Waals surface area contributed by atoms with Crippen molar-refractivity contribution in [1.29, 1.82) is 0 Å². The first-order valence-electron chi connectivity index (χ1n) is 11.8. The van der Waals surface area contributed by atoms with Gasteiger partial charge in [-0.25, -0.2) is 5.43 Å². The largest absolute Gasteiger partial charge is 0.375 e. The van der Waals surface area contributed by atoms with Gasteiger partial charge in [-0.1, -0.05) is 36.4 Å². The van der Waals surface area contributed by atoms with Gasteiger partial charge in [0.05, 0.1) is 18.7 Å². The topological polar surface area (TPSA) is 69.7 Å². The van der Waals surface area contributed by atoms with Gasteiger partial charge in [-0.3, -0.25) is 20.1 Å². The Morgan fingerprint density at radius 1 is 1.09 bits per heavy atom. The summed E-state index contributed by atoms with van der Waals surface area (Å²) in [6, 6.07) is 14.8. The van der Waals surface area contributed by atoms with Crippen molar-refractivity contribution in [3.63, 3.8) is 0 Å². The highest BCUT2D eigenvalue weighted by Gasteiger charge is 2.34. The number of benzene rings is 1. The molecule has 1 aliphatic carbocycles. The zero-order valence-electron chi connectivity index (χ0n) is 18.5. The van der Waals surface area contributed by atoms with E-state index in [1.54, 1.807) is 6.20 Å². The summed E-state index contributed by atoms with van der Waals surface area (Å²) in [4.78, 5) is 21.7. The second-order valence-corrected chi connectivity index (χ2v) is 9.40. The lowest BCUT2D eigenvalue weighted by Crippen LogP contribution is -2.40. The Labute approximate surface area is 190 Å². The lowest BCUT2D eigenvalue weighted by Gasteiger charge is -2.28. The lowest BCUT2D eigenvalue weighted by molar-refractivity contribution is -0.132. The van der Waals surface area contributed by atoms with Gasteiger partial charge in [-0.2, -0.15) is 0 Å². The number of hydrogen-bond acceptors (Lipinski definition) is 6. The minimum Gasteiger partial charge on any atom is -0.375 e. The van der Waals surface area contributed by atoms with Crippen molar-refractivity contribution >= 4 is 5.91 Å². The van der Waals surface area contributed by atoms with Crippen LogP contribution in [0.15, 0.2) is 54.9 Å². The molecule has 1 saturated carbocycles. The molecule has 170 valence electrons. The van der Waals surface area contributed by atoms with Crippen molar-refractivity contribution in [3.05, 3.63) is 66.0 Å². The van der Waals surface area contributed by atoms with E-state index >= 15 is 0 Å². The molecular formula is C25H33N5O2. The summed E-state index contributed by atoms with van der Waals surface area (Å²) < 4.78 is 6.33. The minimum absolute atomic E-state index is 0.0382. The van der Waals surface area contributed by atoms with Gasteiger partial charge in [0.1, 0.15) is 0 Å². The number of nitrogens with zero attached hydrogens (tertiary/aromatic N) is 3. The van der Waals surface area contributed by atoms with E-state index in [0.29, 0.717) is 31.5 Å². The maximum atomic E-state index is 13.2. The van der Waals surface area contributed by atoms with E-state index in [1.807, 2.05) is 29.3 Å². The molecule has 1 aromatic heterocycles. The molecule has 0 bridgehead atoms. The molecule has 5 rings (SSSR count). The molecule has 2 aromatic rings. The van der Waals surface area contributed by atoms with Crippen LogP contribution in [0.5, 0.6) is 0 Å². The quantitative estimate of drug-likeness (QED) is 0.661. The van der Waals surface area contributed by atoms with Gasteiger partial charge < -0.3 is 9.64 Å². The number of rotatable bonds is 8. The maximum Gasteiger partial charge on any atom is 0.237 e. The fourth-order valence-corrected chi connectivity index (χ4v) is 4.77. The van der Waals surface area contributed by atoms with Gasteiger partial charge in [0.2, 0.25) is 5.91 Å². The number of carbonyl (C=O) groups excluding carboxylic acids is 1. The van der Waals surface area contributed by atoms with Crippen molar-refractivity contribution in [2.24, 2.45) is 11.8 Å². The van der Waals surface area contributed by atoms with Crippen LogP contribution in [0.3, 0.4) is 0 Å². The average molecular weight is 436 g/mol. The predicted molar refractivity (Wildman–Crippen MR) is 122 cm³/mol. The third kappa shape index (κ3) is 5.53.